The average Bonchev–Trinajstić information content (AvgIpc) is 2.46. The number of rotatable bonds is 1. The van der Waals surface area contributed by atoms with Crippen LogP contribution in [0.1, 0.15) is 33.7 Å². The van der Waals surface area contributed by atoms with Crippen molar-refractivity contribution in [3.63, 3.8) is 0 Å². The SMILES string of the molecule is CC1(C)C(n2ccc(=O)[nH]c2=S)C1(C)C. The van der Waals surface area contributed by atoms with Gasteiger partial charge in [0.25, 0.3) is 5.56 Å². The Kier molecular flexibility index (Phi) is 1.99. The minimum Gasteiger partial charge on any atom is -0.321 e. The van der Waals surface area contributed by atoms with Crippen LogP contribution in [0, 0.1) is 15.6 Å². The molecule has 0 bridgehead atoms. The van der Waals surface area contributed by atoms with Crippen LogP contribution in [0.15, 0.2) is 17.1 Å². The predicted molar refractivity (Wildman–Crippen MR) is 62.5 cm³/mol. The molecule has 1 heterocycles. The van der Waals surface area contributed by atoms with Crippen molar-refractivity contribution in [3.05, 3.63) is 27.4 Å². The Morgan fingerprint density at radius 2 is 1.87 bits per heavy atom. The van der Waals surface area contributed by atoms with E-state index < -0.39 is 0 Å². The Morgan fingerprint density at radius 1 is 1.33 bits per heavy atom. The van der Waals surface area contributed by atoms with Crippen LogP contribution >= 0.6 is 12.2 Å². The van der Waals surface area contributed by atoms with Gasteiger partial charge < -0.3 is 4.57 Å². The standard InChI is InChI=1S/C11H16N2OS/c1-10(2)8(11(10,3)4)13-6-5-7(14)12-9(13)15/h5-6,8H,1-4H3,(H,12,14,15). The summed E-state index contributed by atoms with van der Waals surface area (Å²) in [5.41, 5.74) is 0.319. The van der Waals surface area contributed by atoms with E-state index in [0.29, 0.717) is 10.8 Å². The first-order valence-electron chi connectivity index (χ1n) is 5.10. The third kappa shape index (κ3) is 1.31. The van der Waals surface area contributed by atoms with Crippen molar-refractivity contribution < 1.29 is 0 Å². The summed E-state index contributed by atoms with van der Waals surface area (Å²) in [4.78, 5) is 13.7. The number of hydrogen-bond acceptors (Lipinski definition) is 2. The lowest BCUT2D eigenvalue weighted by molar-refractivity contribution is 0.457. The Morgan fingerprint density at radius 3 is 2.27 bits per heavy atom. The summed E-state index contributed by atoms with van der Waals surface area (Å²) in [6.45, 7) is 8.91. The lowest BCUT2D eigenvalue weighted by atomic mass is 10.0. The van der Waals surface area contributed by atoms with E-state index in [-0.39, 0.29) is 16.4 Å². The molecule has 1 saturated carbocycles. The van der Waals surface area contributed by atoms with Crippen LogP contribution in [0.5, 0.6) is 0 Å². The van der Waals surface area contributed by atoms with Crippen molar-refractivity contribution in [1.82, 2.24) is 9.55 Å². The maximum Gasteiger partial charge on any atom is 0.251 e. The van der Waals surface area contributed by atoms with Crippen molar-refractivity contribution in [2.75, 3.05) is 0 Å². The molecule has 3 nitrogen and oxygen atoms in total. The highest BCUT2D eigenvalue weighted by Crippen LogP contribution is 2.71. The number of hydrogen-bond donors (Lipinski definition) is 1. The lowest BCUT2D eigenvalue weighted by Crippen LogP contribution is -2.12. The molecular formula is C11H16N2OS. The maximum atomic E-state index is 11.1. The van der Waals surface area contributed by atoms with E-state index in [0.717, 1.165) is 0 Å². The minimum atomic E-state index is -0.132. The van der Waals surface area contributed by atoms with E-state index in [9.17, 15) is 4.79 Å². The van der Waals surface area contributed by atoms with Gasteiger partial charge in [-0.2, -0.15) is 0 Å². The van der Waals surface area contributed by atoms with Crippen LogP contribution in [-0.4, -0.2) is 9.55 Å². The number of H-pyrrole nitrogens is 1. The number of nitrogens with zero attached hydrogens (tertiary/aromatic N) is 1. The summed E-state index contributed by atoms with van der Waals surface area (Å²) >= 11 is 5.17. The fraction of sp³-hybridized carbons (Fsp3) is 0.636. The summed E-state index contributed by atoms with van der Waals surface area (Å²) < 4.78 is 2.52. The summed E-state index contributed by atoms with van der Waals surface area (Å²) in [5.74, 6) is 0. The molecule has 4 heteroatoms. The normalized spacial score (nSPS) is 22.7. The van der Waals surface area contributed by atoms with Gasteiger partial charge in [-0.15, -0.1) is 0 Å². The monoisotopic (exact) mass is 224 g/mol. The summed E-state index contributed by atoms with van der Waals surface area (Å²) in [6.07, 6.45) is 1.79. The number of nitrogens with one attached hydrogen (secondary N) is 1. The minimum absolute atomic E-state index is 0.132. The van der Waals surface area contributed by atoms with Gasteiger partial charge in [-0.05, 0) is 23.0 Å². The molecule has 1 aromatic rings. The molecule has 0 saturated heterocycles. The molecule has 15 heavy (non-hydrogen) atoms. The molecule has 1 aliphatic carbocycles. The lowest BCUT2D eigenvalue weighted by Gasteiger charge is -2.07. The number of aromatic amines is 1. The summed E-state index contributed by atoms with van der Waals surface area (Å²) in [6, 6.07) is 1.90. The van der Waals surface area contributed by atoms with Crippen molar-refractivity contribution in [2.45, 2.75) is 33.7 Å². The largest absolute Gasteiger partial charge is 0.321 e. The van der Waals surface area contributed by atoms with Crippen LogP contribution in [0.2, 0.25) is 0 Å². The van der Waals surface area contributed by atoms with Crippen molar-refractivity contribution >= 4 is 12.2 Å². The van der Waals surface area contributed by atoms with Gasteiger partial charge in [-0.25, -0.2) is 0 Å². The third-order valence-electron chi connectivity index (χ3n) is 4.07. The molecule has 0 spiro atoms. The molecule has 0 aromatic carbocycles. The van der Waals surface area contributed by atoms with Crippen LogP contribution in [0.3, 0.4) is 0 Å². The molecule has 1 aliphatic rings. The predicted octanol–water partition coefficient (Wildman–Crippen LogP) is 2.51. The molecule has 1 aromatic heterocycles. The second kappa shape index (κ2) is 2.82. The molecule has 0 unspecified atom stereocenters. The highest BCUT2D eigenvalue weighted by molar-refractivity contribution is 7.71. The highest BCUT2D eigenvalue weighted by Gasteiger charge is 2.65. The second-order valence-corrected chi connectivity index (χ2v) is 5.75. The zero-order valence-corrected chi connectivity index (χ0v) is 10.3. The van der Waals surface area contributed by atoms with Crippen molar-refractivity contribution in [1.29, 1.82) is 0 Å². The van der Waals surface area contributed by atoms with Crippen LogP contribution in [0.25, 0.3) is 0 Å². The molecule has 82 valence electrons. The van der Waals surface area contributed by atoms with Gasteiger partial charge in [0.1, 0.15) is 0 Å². The molecular weight excluding hydrogens is 208 g/mol. The van der Waals surface area contributed by atoms with E-state index in [1.165, 1.54) is 6.07 Å². The quantitative estimate of drug-likeness (QED) is 0.744. The Labute approximate surface area is 94.1 Å². The Hall–Kier alpha value is -0.900. The molecule has 2 rings (SSSR count). The van der Waals surface area contributed by atoms with Gasteiger partial charge in [0.15, 0.2) is 4.77 Å². The van der Waals surface area contributed by atoms with E-state index in [2.05, 4.69) is 32.7 Å². The van der Waals surface area contributed by atoms with Gasteiger partial charge in [0, 0.05) is 18.3 Å². The first-order valence-corrected chi connectivity index (χ1v) is 5.51. The smallest absolute Gasteiger partial charge is 0.251 e. The third-order valence-corrected chi connectivity index (χ3v) is 4.39. The van der Waals surface area contributed by atoms with E-state index in [1.807, 2.05) is 4.57 Å². The van der Waals surface area contributed by atoms with Gasteiger partial charge in [-0.3, -0.25) is 9.78 Å². The zero-order valence-electron chi connectivity index (χ0n) is 9.50. The maximum absolute atomic E-state index is 11.1. The molecule has 1 N–H and O–H groups in total. The zero-order chi connectivity index (χ0) is 11.4. The van der Waals surface area contributed by atoms with Gasteiger partial charge >= 0.3 is 0 Å². The first kappa shape index (κ1) is 10.6. The topological polar surface area (TPSA) is 37.8 Å². The molecule has 0 atom stereocenters. The van der Waals surface area contributed by atoms with E-state index in [4.69, 9.17) is 12.2 Å². The van der Waals surface area contributed by atoms with Gasteiger partial charge in [0.2, 0.25) is 0 Å². The molecule has 0 aliphatic heterocycles. The van der Waals surface area contributed by atoms with Gasteiger partial charge in [-0.1, -0.05) is 27.7 Å². The van der Waals surface area contributed by atoms with E-state index in [1.54, 1.807) is 6.20 Å². The molecule has 1 fully saturated rings. The number of aromatic nitrogens is 2. The first-order chi connectivity index (χ1) is 6.78. The fourth-order valence-electron chi connectivity index (χ4n) is 2.49. The van der Waals surface area contributed by atoms with E-state index >= 15 is 0 Å². The second-order valence-electron chi connectivity index (χ2n) is 5.36. The Bertz CT molecular complexity index is 496. The summed E-state index contributed by atoms with van der Waals surface area (Å²) in [7, 11) is 0. The fourth-order valence-corrected chi connectivity index (χ4v) is 2.75. The Balaban J connectivity index is 2.51. The summed E-state index contributed by atoms with van der Waals surface area (Å²) in [5, 5.41) is 0. The van der Waals surface area contributed by atoms with Crippen LogP contribution < -0.4 is 5.56 Å². The molecule has 0 amide bonds. The van der Waals surface area contributed by atoms with Crippen molar-refractivity contribution in [3.8, 4) is 0 Å². The van der Waals surface area contributed by atoms with Gasteiger partial charge in [0.05, 0.1) is 0 Å². The molecule has 0 radical (unpaired) electrons. The van der Waals surface area contributed by atoms with Crippen molar-refractivity contribution in [2.24, 2.45) is 10.8 Å². The van der Waals surface area contributed by atoms with Crippen LogP contribution in [-0.2, 0) is 0 Å². The average molecular weight is 224 g/mol. The highest BCUT2D eigenvalue weighted by atomic mass is 32.1. The van der Waals surface area contributed by atoms with Crippen LogP contribution in [0.4, 0.5) is 0 Å².